The third-order valence-electron chi connectivity index (χ3n) is 14.7. The number of alkyl halides is 5. The van der Waals surface area contributed by atoms with E-state index in [1.165, 1.54) is 0 Å². The molecule has 4 aromatic rings. The summed E-state index contributed by atoms with van der Waals surface area (Å²) in [6.45, 7) is 1.78. The fraction of sp³-hybridized carbons (Fsp3) is 0.581. The molecule has 2 N–H and O–H groups in total. The van der Waals surface area contributed by atoms with E-state index in [9.17, 15) is 36.6 Å². The van der Waals surface area contributed by atoms with Gasteiger partial charge in [0.15, 0.2) is 11.5 Å². The van der Waals surface area contributed by atoms with Gasteiger partial charge in [-0.25, -0.2) is 33.5 Å². The molecule has 1 aromatic carbocycles. The summed E-state index contributed by atoms with van der Waals surface area (Å²) < 4.78 is 81.6. The summed E-state index contributed by atoms with van der Waals surface area (Å²) in [4.78, 5) is 45.9. The number of halogens is 5. The Morgan fingerprint density at radius 3 is 2.17 bits per heavy atom. The minimum Gasteiger partial charge on any atom is -0.490 e. The molecule has 11 rings (SSSR count). The molecular weight excluding hydrogens is 774 g/mol. The van der Waals surface area contributed by atoms with Crippen LogP contribution in [0.5, 0.6) is 5.75 Å². The van der Waals surface area contributed by atoms with Crippen LogP contribution in [0.1, 0.15) is 106 Å². The van der Waals surface area contributed by atoms with Gasteiger partial charge < -0.3 is 24.6 Å². The molecule has 16 heteroatoms. The number of carbonyl (C=O) groups is 2. The van der Waals surface area contributed by atoms with Crippen LogP contribution in [0.4, 0.5) is 27.9 Å². The van der Waals surface area contributed by atoms with Crippen LogP contribution >= 0.6 is 0 Å². The highest BCUT2D eigenvalue weighted by atomic mass is 19.4. The maximum Gasteiger partial charge on any atom is 0.434 e. The average Bonchev–Trinajstić information content (AvgIpc) is 3.57. The fourth-order valence-electron chi connectivity index (χ4n) is 12.0. The molecule has 7 fully saturated rings. The molecule has 11 nitrogen and oxygen atoms in total. The predicted octanol–water partition coefficient (Wildman–Crippen LogP) is 8.49. The van der Waals surface area contributed by atoms with E-state index < -0.39 is 40.8 Å². The number of carboxylic acid groups (broad SMARTS) is 1. The van der Waals surface area contributed by atoms with Gasteiger partial charge in [-0.15, -0.1) is 0 Å². The molecule has 312 valence electrons. The van der Waals surface area contributed by atoms with Crippen molar-refractivity contribution < 1.29 is 41.4 Å². The first-order chi connectivity index (χ1) is 28.2. The molecular formula is C43H46F5N7O4. The Hall–Kier alpha value is -4.89. The van der Waals surface area contributed by atoms with Crippen molar-refractivity contribution in [2.45, 2.75) is 113 Å². The summed E-state index contributed by atoms with van der Waals surface area (Å²) in [6, 6.07) is 6.75. The SMILES string of the molecule is O=C(NC1(C(=O)O)C2CC3CC(C2)CC1C3)c1cnc(-c2cn(C3CCC(F)(F)CC3)c3cc(OC4CCC5(CC4)CN(c4ncccn4)C5)ccc23)nc1C(F)(F)F. The van der Waals surface area contributed by atoms with Gasteiger partial charge in [0.1, 0.15) is 11.3 Å². The topological polar surface area (TPSA) is 135 Å². The summed E-state index contributed by atoms with van der Waals surface area (Å²) in [6.07, 6.45) is 7.61. The molecule has 4 heterocycles. The van der Waals surface area contributed by atoms with E-state index in [0.29, 0.717) is 54.2 Å². The third-order valence-corrected chi connectivity index (χ3v) is 14.7. The first-order valence-corrected chi connectivity index (χ1v) is 20.9. The van der Waals surface area contributed by atoms with Gasteiger partial charge in [0.25, 0.3) is 5.91 Å². The van der Waals surface area contributed by atoms with Crippen LogP contribution in [0.25, 0.3) is 22.3 Å². The van der Waals surface area contributed by atoms with Gasteiger partial charge >= 0.3 is 12.1 Å². The van der Waals surface area contributed by atoms with E-state index in [2.05, 4.69) is 30.2 Å². The van der Waals surface area contributed by atoms with E-state index in [-0.39, 0.29) is 66.5 Å². The summed E-state index contributed by atoms with van der Waals surface area (Å²) in [5.74, 6) is -4.18. The lowest BCUT2D eigenvalue weighted by Gasteiger charge is -2.59. The zero-order valence-electron chi connectivity index (χ0n) is 32.4. The molecule has 1 spiro atoms. The number of hydrogen-bond donors (Lipinski definition) is 2. The quantitative estimate of drug-likeness (QED) is 0.168. The van der Waals surface area contributed by atoms with E-state index >= 15 is 0 Å². The highest BCUT2D eigenvalue weighted by Crippen LogP contribution is 2.58. The van der Waals surface area contributed by atoms with Gasteiger partial charge in [0.2, 0.25) is 11.9 Å². The van der Waals surface area contributed by atoms with E-state index in [0.717, 1.165) is 57.3 Å². The number of ether oxygens (including phenoxy) is 1. The Morgan fingerprint density at radius 2 is 1.54 bits per heavy atom. The molecule has 4 bridgehead atoms. The van der Waals surface area contributed by atoms with Crippen molar-refractivity contribution in [1.82, 2.24) is 29.8 Å². The summed E-state index contributed by atoms with van der Waals surface area (Å²) >= 11 is 0. The predicted molar refractivity (Wildman–Crippen MR) is 205 cm³/mol. The molecule has 3 aromatic heterocycles. The molecule has 0 atom stereocenters. The molecule has 1 amide bonds. The minimum atomic E-state index is -5.08. The van der Waals surface area contributed by atoms with Gasteiger partial charge in [-0.1, -0.05) is 0 Å². The Bertz CT molecular complexity index is 2250. The van der Waals surface area contributed by atoms with Crippen molar-refractivity contribution in [2.24, 2.45) is 29.1 Å². The number of carboxylic acids is 1. The molecule has 7 aliphatic rings. The van der Waals surface area contributed by atoms with Crippen molar-refractivity contribution in [3.63, 3.8) is 0 Å². The van der Waals surface area contributed by atoms with Crippen molar-refractivity contribution in [1.29, 1.82) is 0 Å². The van der Waals surface area contributed by atoms with Crippen molar-refractivity contribution in [3.8, 4) is 17.1 Å². The fourth-order valence-corrected chi connectivity index (χ4v) is 12.0. The number of nitrogens with zero attached hydrogens (tertiary/aromatic N) is 6. The van der Waals surface area contributed by atoms with Gasteiger partial charge in [-0.2, -0.15) is 13.2 Å². The van der Waals surface area contributed by atoms with Crippen LogP contribution in [0.3, 0.4) is 0 Å². The van der Waals surface area contributed by atoms with Crippen LogP contribution in [-0.4, -0.2) is 72.1 Å². The van der Waals surface area contributed by atoms with E-state index in [4.69, 9.17) is 4.74 Å². The second-order valence-corrected chi connectivity index (χ2v) is 18.3. The van der Waals surface area contributed by atoms with Gasteiger partial charge in [-0.3, -0.25) is 4.79 Å². The molecule has 6 aliphatic carbocycles. The Balaban J connectivity index is 0.931. The number of nitrogens with one attached hydrogen (secondary N) is 1. The van der Waals surface area contributed by atoms with Crippen molar-refractivity contribution >= 4 is 28.7 Å². The van der Waals surface area contributed by atoms with E-state index in [1.807, 2.05) is 10.6 Å². The maximum atomic E-state index is 14.9. The number of aliphatic carboxylic acids is 1. The number of rotatable bonds is 8. The number of amides is 1. The number of aromatic nitrogens is 5. The van der Waals surface area contributed by atoms with Crippen LogP contribution in [0.2, 0.25) is 0 Å². The molecule has 1 aliphatic heterocycles. The second kappa shape index (κ2) is 13.8. The Labute approximate surface area is 337 Å². The van der Waals surface area contributed by atoms with Crippen LogP contribution in [0.15, 0.2) is 49.1 Å². The highest BCUT2D eigenvalue weighted by Gasteiger charge is 2.62. The molecule has 0 unspecified atom stereocenters. The highest BCUT2D eigenvalue weighted by molar-refractivity contribution is 6.00. The third kappa shape index (κ3) is 6.68. The Kier molecular flexibility index (Phi) is 8.98. The number of anilines is 1. The lowest BCUT2D eigenvalue weighted by atomic mass is 9.48. The van der Waals surface area contributed by atoms with E-state index in [1.54, 1.807) is 36.8 Å². The Morgan fingerprint density at radius 1 is 0.881 bits per heavy atom. The number of fused-ring (bicyclic) bond motifs is 1. The molecule has 59 heavy (non-hydrogen) atoms. The van der Waals surface area contributed by atoms with Crippen LogP contribution in [-0.2, 0) is 11.0 Å². The smallest absolute Gasteiger partial charge is 0.434 e. The van der Waals surface area contributed by atoms with Crippen LogP contribution < -0.4 is 15.0 Å². The van der Waals surface area contributed by atoms with Gasteiger partial charge in [-0.05, 0) is 112 Å². The largest absolute Gasteiger partial charge is 0.490 e. The second-order valence-electron chi connectivity index (χ2n) is 18.3. The zero-order chi connectivity index (χ0) is 40.9. The van der Waals surface area contributed by atoms with Crippen molar-refractivity contribution in [3.05, 3.63) is 60.3 Å². The number of benzene rings is 1. The van der Waals surface area contributed by atoms with Crippen LogP contribution in [0, 0.1) is 29.1 Å². The monoisotopic (exact) mass is 819 g/mol. The average molecular weight is 820 g/mol. The summed E-state index contributed by atoms with van der Waals surface area (Å²) in [5.41, 5.74) is -2.94. The zero-order valence-corrected chi connectivity index (χ0v) is 32.4. The van der Waals surface area contributed by atoms with Gasteiger partial charge in [0.05, 0.1) is 17.2 Å². The minimum absolute atomic E-state index is 0.0492. The van der Waals surface area contributed by atoms with Gasteiger partial charge in [0, 0.05) is 79.2 Å². The van der Waals surface area contributed by atoms with Crippen molar-refractivity contribution in [2.75, 3.05) is 18.0 Å². The molecule has 0 radical (unpaired) electrons. The standard InChI is InChI=1S/C43H46F5N7O4/c44-41(45)10-4-28(5-11-41)55-21-33(31-3-2-30(19-34(31)55)59-29-6-8-40(9-7-29)22-54(23-40)39-49-12-1-13-50-39)36-51-20-32(35(52-36)43(46,47)48)37(56)53-42(38(57)58)26-15-24-14-25(17-26)18-27(42)16-24/h1-3,12-13,19-21,24-29H,4-11,14-18,22-23H2,(H,53,56)(H,57,58). The summed E-state index contributed by atoms with van der Waals surface area (Å²) in [7, 11) is 0. The molecule has 1 saturated heterocycles. The number of carbonyl (C=O) groups excluding carboxylic acids is 1. The molecule has 6 saturated carbocycles. The number of hydrogen-bond acceptors (Lipinski definition) is 8. The lowest BCUT2D eigenvalue weighted by molar-refractivity contribution is -0.163. The lowest BCUT2D eigenvalue weighted by Crippen LogP contribution is -2.70. The summed E-state index contributed by atoms with van der Waals surface area (Å²) in [5, 5.41) is 13.6. The normalized spacial score (nSPS) is 28.8. The maximum absolute atomic E-state index is 14.9. The first-order valence-electron chi connectivity index (χ1n) is 20.9. The first kappa shape index (κ1) is 38.3.